The third-order valence-corrected chi connectivity index (χ3v) is 7.98. The first-order valence-electron chi connectivity index (χ1n) is 14.6. The van der Waals surface area contributed by atoms with Gasteiger partial charge < -0.3 is 20.1 Å². The van der Waals surface area contributed by atoms with Crippen molar-refractivity contribution in [3.63, 3.8) is 0 Å². The Kier molecular flexibility index (Phi) is 8.56. The van der Waals surface area contributed by atoms with Gasteiger partial charge in [0.1, 0.15) is 18.8 Å². The second-order valence-electron chi connectivity index (χ2n) is 10.8. The number of rotatable bonds is 9. The van der Waals surface area contributed by atoms with Crippen molar-refractivity contribution in [2.75, 3.05) is 18.8 Å². The number of methoxy groups -OCH3 is 1. The molecule has 1 saturated heterocycles. The number of hydrogen-bond donors (Lipinski definition) is 2. The summed E-state index contributed by atoms with van der Waals surface area (Å²) in [5.41, 5.74) is 5.98. The van der Waals surface area contributed by atoms with Gasteiger partial charge >= 0.3 is 12.1 Å². The molecule has 2 amide bonds. The Labute approximate surface area is 255 Å². The van der Waals surface area contributed by atoms with Crippen LogP contribution in [-0.4, -0.2) is 50.0 Å². The summed E-state index contributed by atoms with van der Waals surface area (Å²) >= 11 is 0. The van der Waals surface area contributed by atoms with Crippen LogP contribution in [0.3, 0.4) is 0 Å². The van der Waals surface area contributed by atoms with Gasteiger partial charge in [0.05, 0.1) is 12.8 Å². The lowest BCUT2D eigenvalue weighted by molar-refractivity contribution is -0.151. The number of carbonyl (C=O) groups excluding carboxylic acids is 3. The van der Waals surface area contributed by atoms with Crippen molar-refractivity contribution < 1.29 is 28.7 Å². The Morgan fingerprint density at radius 3 is 2.07 bits per heavy atom. The van der Waals surface area contributed by atoms with Crippen molar-refractivity contribution >= 4 is 23.7 Å². The largest absolute Gasteiger partial charge is 0.467 e. The molecule has 1 fully saturated rings. The molecule has 2 aliphatic rings. The van der Waals surface area contributed by atoms with Gasteiger partial charge in [-0.1, -0.05) is 97.1 Å². The first-order valence-corrected chi connectivity index (χ1v) is 14.6. The molecule has 0 spiro atoms. The van der Waals surface area contributed by atoms with Gasteiger partial charge in [-0.25, -0.2) is 14.7 Å². The fourth-order valence-corrected chi connectivity index (χ4v) is 5.86. The third kappa shape index (κ3) is 6.14. The highest BCUT2D eigenvalue weighted by Gasteiger charge is 2.40. The Bertz CT molecular complexity index is 1580. The molecule has 1 aliphatic heterocycles. The number of carbonyl (C=O) groups is 3. The quantitative estimate of drug-likeness (QED) is 0.265. The number of para-hydroxylation sites is 1. The highest BCUT2D eigenvalue weighted by atomic mass is 16.7. The summed E-state index contributed by atoms with van der Waals surface area (Å²) in [6, 6.07) is 33.8. The van der Waals surface area contributed by atoms with Crippen molar-refractivity contribution in [2.45, 2.75) is 37.1 Å². The Morgan fingerprint density at radius 1 is 0.841 bits per heavy atom. The maximum Gasteiger partial charge on any atom is 0.407 e. The molecule has 0 radical (unpaired) electrons. The van der Waals surface area contributed by atoms with Crippen LogP contribution in [0.25, 0.3) is 11.1 Å². The van der Waals surface area contributed by atoms with Crippen LogP contribution in [-0.2, 0) is 30.3 Å². The van der Waals surface area contributed by atoms with Crippen LogP contribution >= 0.6 is 0 Å². The maximum atomic E-state index is 13.8. The van der Waals surface area contributed by atoms with Crippen LogP contribution in [0.4, 0.5) is 10.5 Å². The number of nitrogens with one attached hydrogen (secondary N) is 2. The number of benzene rings is 4. The van der Waals surface area contributed by atoms with Gasteiger partial charge in [-0.3, -0.25) is 9.63 Å². The summed E-state index contributed by atoms with van der Waals surface area (Å²) in [4.78, 5) is 45.2. The van der Waals surface area contributed by atoms with Crippen LogP contribution in [0.15, 0.2) is 109 Å². The number of fused-ring (bicyclic) bond motifs is 3. The van der Waals surface area contributed by atoms with Gasteiger partial charge in [0.2, 0.25) is 5.91 Å². The molecular formula is C35H33N3O6. The first-order chi connectivity index (χ1) is 21.5. The SMILES string of the molecule is COC(=O)[C@H]1C[C@@H](NC(=O)[C@H](Cc2ccccc2)NC(=O)OCC2c3ccccc3-c3ccccc32)N(c2ccccc2)O1. The molecule has 0 aromatic heterocycles. The average molecular weight is 592 g/mol. The summed E-state index contributed by atoms with van der Waals surface area (Å²) in [6.07, 6.45) is -1.88. The maximum absolute atomic E-state index is 13.8. The summed E-state index contributed by atoms with van der Waals surface area (Å²) in [5.74, 6) is -1.09. The van der Waals surface area contributed by atoms with Crippen molar-refractivity contribution in [1.29, 1.82) is 0 Å². The molecule has 224 valence electrons. The molecule has 9 heteroatoms. The molecule has 4 aromatic carbocycles. The van der Waals surface area contributed by atoms with Crippen LogP contribution in [0.5, 0.6) is 0 Å². The van der Waals surface area contributed by atoms with Crippen LogP contribution in [0, 0.1) is 0 Å². The summed E-state index contributed by atoms with van der Waals surface area (Å²) in [5, 5.41) is 7.25. The highest BCUT2D eigenvalue weighted by Crippen LogP contribution is 2.44. The highest BCUT2D eigenvalue weighted by molar-refractivity contribution is 5.87. The topological polar surface area (TPSA) is 106 Å². The lowest BCUT2D eigenvalue weighted by Crippen LogP contribution is -2.53. The summed E-state index contributed by atoms with van der Waals surface area (Å²) in [6.45, 7) is 0.124. The van der Waals surface area contributed by atoms with E-state index in [4.69, 9.17) is 14.3 Å². The van der Waals surface area contributed by atoms with Crippen LogP contribution in [0.2, 0.25) is 0 Å². The fraction of sp³-hybridized carbons (Fsp3) is 0.229. The number of alkyl carbamates (subject to hydrolysis) is 1. The van der Waals surface area contributed by atoms with Crippen molar-refractivity contribution in [3.05, 3.63) is 126 Å². The van der Waals surface area contributed by atoms with E-state index in [1.807, 2.05) is 84.9 Å². The smallest absolute Gasteiger partial charge is 0.407 e. The van der Waals surface area contributed by atoms with E-state index in [9.17, 15) is 14.4 Å². The molecule has 3 atom stereocenters. The van der Waals surface area contributed by atoms with Gasteiger partial charge in [-0.15, -0.1) is 0 Å². The van der Waals surface area contributed by atoms with Crippen molar-refractivity contribution in [2.24, 2.45) is 0 Å². The van der Waals surface area contributed by atoms with Crippen molar-refractivity contribution in [1.82, 2.24) is 10.6 Å². The number of anilines is 1. The molecule has 0 unspecified atom stereocenters. The zero-order valence-corrected chi connectivity index (χ0v) is 24.2. The number of amides is 2. The van der Waals surface area contributed by atoms with E-state index in [1.54, 1.807) is 0 Å². The second kappa shape index (κ2) is 13.0. The van der Waals surface area contributed by atoms with E-state index in [0.29, 0.717) is 5.69 Å². The van der Waals surface area contributed by atoms with E-state index in [-0.39, 0.29) is 25.4 Å². The first kappa shape index (κ1) is 28.9. The molecule has 0 bridgehead atoms. The molecular weight excluding hydrogens is 558 g/mol. The van der Waals surface area contributed by atoms with Gasteiger partial charge in [0, 0.05) is 18.8 Å². The van der Waals surface area contributed by atoms with E-state index in [1.165, 1.54) is 12.2 Å². The zero-order valence-electron chi connectivity index (χ0n) is 24.2. The number of hydrogen-bond acceptors (Lipinski definition) is 7. The predicted molar refractivity (Wildman–Crippen MR) is 164 cm³/mol. The van der Waals surface area contributed by atoms with Gasteiger partial charge in [-0.05, 0) is 39.9 Å². The van der Waals surface area contributed by atoms with Gasteiger partial charge in [-0.2, -0.15) is 0 Å². The molecule has 9 nitrogen and oxygen atoms in total. The van der Waals surface area contributed by atoms with Gasteiger partial charge in [0.15, 0.2) is 6.10 Å². The molecule has 1 aliphatic carbocycles. The van der Waals surface area contributed by atoms with E-state index < -0.39 is 36.3 Å². The summed E-state index contributed by atoms with van der Waals surface area (Å²) < 4.78 is 10.6. The van der Waals surface area contributed by atoms with E-state index >= 15 is 0 Å². The monoisotopic (exact) mass is 591 g/mol. The molecule has 4 aromatic rings. The lowest BCUT2D eigenvalue weighted by Gasteiger charge is -2.27. The molecule has 2 N–H and O–H groups in total. The van der Waals surface area contributed by atoms with Crippen LogP contribution < -0.4 is 15.7 Å². The lowest BCUT2D eigenvalue weighted by atomic mass is 9.98. The third-order valence-electron chi connectivity index (χ3n) is 7.98. The summed E-state index contributed by atoms with van der Waals surface area (Å²) in [7, 11) is 1.29. The normalized spacial score (nSPS) is 17.7. The Hall–Kier alpha value is -5.15. The zero-order chi connectivity index (χ0) is 30.5. The van der Waals surface area contributed by atoms with Crippen molar-refractivity contribution in [3.8, 4) is 11.1 Å². The number of esters is 1. The minimum Gasteiger partial charge on any atom is -0.467 e. The standard InChI is InChI=1S/C35H33N3O6/c1-42-34(40)31-21-32(38(44-31)24-14-6-3-7-15-24)37-33(39)30(20-23-12-4-2-5-13-23)36-35(41)43-22-29-27-18-10-8-16-25(27)26-17-9-11-19-28(26)29/h2-19,29-32H,20-22H2,1H3,(H,36,41)(H,37,39)/t30-,31+,32-/m0/s1. The minimum atomic E-state index is -0.956. The fourth-order valence-electron chi connectivity index (χ4n) is 5.86. The van der Waals surface area contributed by atoms with E-state index in [0.717, 1.165) is 27.8 Å². The average Bonchev–Trinajstić information content (AvgIpc) is 3.63. The minimum absolute atomic E-state index is 0.111. The Morgan fingerprint density at radius 2 is 1.43 bits per heavy atom. The second-order valence-corrected chi connectivity index (χ2v) is 10.8. The molecule has 0 saturated carbocycles. The predicted octanol–water partition coefficient (Wildman–Crippen LogP) is 4.96. The number of ether oxygens (including phenoxy) is 2. The molecule has 6 rings (SSSR count). The molecule has 1 heterocycles. The number of nitrogens with zero attached hydrogens (tertiary/aromatic N) is 1. The Balaban J connectivity index is 1.17. The van der Waals surface area contributed by atoms with Crippen LogP contribution in [0.1, 0.15) is 29.0 Å². The van der Waals surface area contributed by atoms with E-state index in [2.05, 4.69) is 34.9 Å². The number of hydroxylamine groups is 1. The van der Waals surface area contributed by atoms with Gasteiger partial charge in [0.25, 0.3) is 0 Å². The molecule has 44 heavy (non-hydrogen) atoms.